The number of aromatic nitrogens is 3. The van der Waals surface area contributed by atoms with E-state index in [1.807, 2.05) is 4.90 Å². The molecule has 3 aromatic rings. The van der Waals surface area contributed by atoms with Crippen molar-refractivity contribution in [2.45, 2.75) is 51.6 Å². The SMILES string of the molecule is CC[C@H]1CCCCN1C(=O)Cn1cccc1-c1nc(-c2ccc(OC(F)(F)F)cc2)no1. The van der Waals surface area contributed by atoms with E-state index < -0.39 is 6.36 Å². The maximum absolute atomic E-state index is 12.9. The molecule has 0 aliphatic carbocycles. The van der Waals surface area contributed by atoms with Crippen LogP contribution < -0.4 is 4.74 Å². The molecule has 1 amide bonds. The molecule has 1 fully saturated rings. The number of benzene rings is 1. The number of hydrogen-bond donors (Lipinski definition) is 0. The predicted molar refractivity (Wildman–Crippen MR) is 109 cm³/mol. The minimum Gasteiger partial charge on any atom is -0.406 e. The second kappa shape index (κ2) is 9.05. The third-order valence-electron chi connectivity index (χ3n) is 5.55. The summed E-state index contributed by atoms with van der Waals surface area (Å²) in [5.74, 6) is 0.160. The lowest BCUT2D eigenvalue weighted by Crippen LogP contribution is -2.44. The first kappa shape index (κ1) is 21.9. The monoisotopic (exact) mass is 448 g/mol. The molecule has 0 N–H and O–H groups in total. The van der Waals surface area contributed by atoms with Crippen LogP contribution in [-0.4, -0.2) is 44.5 Å². The van der Waals surface area contributed by atoms with Gasteiger partial charge in [0.1, 0.15) is 18.0 Å². The van der Waals surface area contributed by atoms with Gasteiger partial charge in [0.2, 0.25) is 11.7 Å². The van der Waals surface area contributed by atoms with Crippen LogP contribution >= 0.6 is 0 Å². The van der Waals surface area contributed by atoms with Crippen LogP contribution in [0.15, 0.2) is 47.1 Å². The molecular formula is C22H23F3N4O3. The van der Waals surface area contributed by atoms with Crippen molar-refractivity contribution < 1.29 is 27.2 Å². The van der Waals surface area contributed by atoms with E-state index in [-0.39, 0.29) is 36.0 Å². The number of nitrogens with zero attached hydrogens (tertiary/aromatic N) is 4. The molecule has 7 nitrogen and oxygen atoms in total. The summed E-state index contributed by atoms with van der Waals surface area (Å²) >= 11 is 0. The van der Waals surface area contributed by atoms with Crippen LogP contribution in [0.1, 0.15) is 32.6 Å². The smallest absolute Gasteiger partial charge is 0.406 e. The summed E-state index contributed by atoms with van der Waals surface area (Å²) in [6.07, 6.45) is 1.15. The first-order valence-corrected chi connectivity index (χ1v) is 10.5. The first-order chi connectivity index (χ1) is 15.3. The highest BCUT2D eigenvalue weighted by molar-refractivity contribution is 5.77. The molecule has 4 rings (SSSR count). The third kappa shape index (κ3) is 4.95. The Morgan fingerprint density at radius 1 is 1.22 bits per heavy atom. The fraction of sp³-hybridized carbons (Fsp3) is 0.409. The van der Waals surface area contributed by atoms with E-state index >= 15 is 0 Å². The molecule has 0 spiro atoms. The van der Waals surface area contributed by atoms with E-state index in [2.05, 4.69) is 21.8 Å². The largest absolute Gasteiger partial charge is 0.573 e. The molecule has 0 unspecified atom stereocenters. The Hall–Kier alpha value is -3.30. The van der Waals surface area contributed by atoms with Crippen LogP contribution in [-0.2, 0) is 11.3 Å². The summed E-state index contributed by atoms with van der Waals surface area (Å²) in [6.45, 7) is 3.03. The van der Waals surface area contributed by atoms with Crippen molar-refractivity contribution >= 4 is 5.91 Å². The van der Waals surface area contributed by atoms with Gasteiger partial charge in [0.15, 0.2) is 0 Å². The van der Waals surface area contributed by atoms with Crippen molar-refractivity contribution in [1.82, 2.24) is 19.6 Å². The zero-order chi connectivity index (χ0) is 22.7. The second-order valence-electron chi connectivity index (χ2n) is 7.66. The highest BCUT2D eigenvalue weighted by atomic mass is 19.4. The van der Waals surface area contributed by atoms with E-state index in [4.69, 9.17) is 4.52 Å². The summed E-state index contributed by atoms with van der Waals surface area (Å²) in [5, 5.41) is 3.92. The number of alkyl halides is 3. The number of amides is 1. The molecule has 0 saturated carbocycles. The van der Waals surface area contributed by atoms with Crippen LogP contribution in [0.4, 0.5) is 13.2 Å². The second-order valence-corrected chi connectivity index (χ2v) is 7.66. The number of hydrogen-bond acceptors (Lipinski definition) is 5. The summed E-state index contributed by atoms with van der Waals surface area (Å²) in [6, 6.07) is 9.04. The number of likely N-dealkylation sites (tertiary alicyclic amines) is 1. The van der Waals surface area contributed by atoms with E-state index in [0.717, 1.165) is 32.2 Å². The van der Waals surface area contributed by atoms with Gasteiger partial charge in [-0.25, -0.2) is 0 Å². The normalized spacial score (nSPS) is 16.9. The Kier molecular flexibility index (Phi) is 6.20. The molecule has 1 aromatic carbocycles. The molecule has 1 atom stereocenters. The number of rotatable bonds is 6. The maximum Gasteiger partial charge on any atom is 0.573 e. The van der Waals surface area contributed by atoms with Crippen LogP contribution in [0.3, 0.4) is 0 Å². The zero-order valence-corrected chi connectivity index (χ0v) is 17.5. The van der Waals surface area contributed by atoms with Crippen molar-refractivity contribution in [2.75, 3.05) is 6.54 Å². The number of piperidine rings is 1. The van der Waals surface area contributed by atoms with Gasteiger partial charge in [0.05, 0.1) is 0 Å². The van der Waals surface area contributed by atoms with Crippen LogP contribution in [0.5, 0.6) is 5.75 Å². The van der Waals surface area contributed by atoms with Gasteiger partial charge < -0.3 is 18.7 Å². The summed E-state index contributed by atoms with van der Waals surface area (Å²) in [5.41, 5.74) is 1.07. The quantitative estimate of drug-likeness (QED) is 0.537. The zero-order valence-electron chi connectivity index (χ0n) is 17.5. The lowest BCUT2D eigenvalue weighted by molar-refractivity contribution is -0.274. The average Bonchev–Trinajstić information content (AvgIpc) is 3.42. The van der Waals surface area contributed by atoms with Crippen molar-refractivity contribution in [3.63, 3.8) is 0 Å². The van der Waals surface area contributed by atoms with Gasteiger partial charge in [-0.3, -0.25) is 4.79 Å². The molecule has 170 valence electrons. The molecule has 0 radical (unpaired) electrons. The van der Waals surface area contributed by atoms with E-state index in [0.29, 0.717) is 11.3 Å². The standard InChI is InChI=1S/C22H23F3N4O3/c1-2-16-6-3-4-13-29(16)19(30)14-28-12-5-7-18(28)21-26-20(27-32-21)15-8-10-17(11-9-15)31-22(23,24)25/h5,7-12,16H,2-4,6,13-14H2,1H3/t16-/m0/s1. The van der Waals surface area contributed by atoms with Crippen molar-refractivity contribution in [2.24, 2.45) is 0 Å². The van der Waals surface area contributed by atoms with Gasteiger partial charge in [-0.15, -0.1) is 13.2 Å². The molecule has 1 saturated heterocycles. The summed E-state index contributed by atoms with van der Waals surface area (Å²) in [7, 11) is 0. The average molecular weight is 448 g/mol. The number of ether oxygens (including phenoxy) is 1. The summed E-state index contributed by atoms with van der Waals surface area (Å²) in [4.78, 5) is 19.2. The first-order valence-electron chi connectivity index (χ1n) is 10.5. The van der Waals surface area contributed by atoms with Gasteiger partial charge >= 0.3 is 6.36 Å². The number of carbonyl (C=O) groups excluding carboxylic acids is 1. The Balaban J connectivity index is 1.48. The fourth-order valence-corrected chi connectivity index (χ4v) is 3.99. The maximum atomic E-state index is 12.9. The van der Waals surface area contributed by atoms with Gasteiger partial charge in [-0.2, -0.15) is 4.98 Å². The van der Waals surface area contributed by atoms with E-state index in [9.17, 15) is 18.0 Å². The van der Waals surface area contributed by atoms with E-state index in [1.54, 1.807) is 22.9 Å². The highest BCUT2D eigenvalue weighted by Crippen LogP contribution is 2.27. The molecule has 0 bridgehead atoms. The van der Waals surface area contributed by atoms with Gasteiger partial charge in [0.25, 0.3) is 5.89 Å². The lowest BCUT2D eigenvalue weighted by Gasteiger charge is -2.35. The summed E-state index contributed by atoms with van der Waals surface area (Å²) < 4.78 is 48.0. The third-order valence-corrected chi connectivity index (χ3v) is 5.55. The molecule has 32 heavy (non-hydrogen) atoms. The highest BCUT2D eigenvalue weighted by Gasteiger charge is 2.31. The predicted octanol–water partition coefficient (Wildman–Crippen LogP) is 4.89. The Labute approximate surface area is 182 Å². The molecule has 1 aliphatic rings. The van der Waals surface area contributed by atoms with Gasteiger partial charge in [0, 0.05) is 24.3 Å². The molecule has 3 heterocycles. The van der Waals surface area contributed by atoms with Gasteiger partial charge in [-0.05, 0) is 62.1 Å². The molecular weight excluding hydrogens is 425 g/mol. The van der Waals surface area contributed by atoms with Crippen LogP contribution in [0, 0.1) is 0 Å². The topological polar surface area (TPSA) is 73.4 Å². The van der Waals surface area contributed by atoms with Gasteiger partial charge in [-0.1, -0.05) is 12.1 Å². The number of carbonyl (C=O) groups is 1. The fourth-order valence-electron chi connectivity index (χ4n) is 3.99. The lowest BCUT2D eigenvalue weighted by atomic mass is 10.00. The molecule has 1 aliphatic heterocycles. The Morgan fingerprint density at radius 2 is 2.00 bits per heavy atom. The van der Waals surface area contributed by atoms with Crippen molar-refractivity contribution in [3.05, 3.63) is 42.6 Å². The van der Waals surface area contributed by atoms with E-state index in [1.165, 1.54) is 24.3 Å². The van der Waals surface area contributed by atoms with Crippen molar-refractivity contribution in [3.8, 4) is 28.7 Å². The van der Waals surface area contributed by atoms with Crippen LogP contribution in [0.2, 0.25) is 0 Å². The van der Waals surface area contributed by atoms with Crippen molar-refractivity contribution in [1.29, 1.82) is 0 Å². The minimum absolute atomic E-state index is 0.0500. The number of halogens is 3. The Morgan fingerprint density at radius 3 is 2.72 bits per heavy atom. The minimum atomic E-state index is -4.75. The van der Waals surface area contributed by atoms with Crippen LogP contribution in [0.25, 0.3) is 23.0 Å². The molecule has 2 aromatic heterocycles. The Bertz CT molecular complexity index is 1060. The molecule has 10 heteroatoms.